The largest absolute Gasteiger partial charge is 0.356 e. The van der Waals surface area contributed by atoms with Crippen LogP contribution in [0.4, 0.5) is 0 Å². The summed E-state index contributed by atoms with van der Waals surface area (Å²) in [7, 11) is 0. The van der Waals surface area contributed by atoms with Crippen LogP contribution in [0.1, 0.15) is 31.2 Å². The molecule has 0 radical (unpaired) electrons. The lowest BCUT2D eigenvalue weighted by molar-refractivity contribution is 0.621. The molecule has 0 spiro atoms. The summed E-state index contributed by atoms with van der Waals surface area (Å²) < 4.78 is 0.0479. The van der Waals surface area contributed by atoms with Gasteiger partial charge in [0, 0.05) is 44.4 Å². The molecule has 4 aliphatic rings. The Kier molecular flexibility index (Phi) is 2.71. The summed E-state index contributed by atoms with van der Waals surface area (Å²) in [6.07, 6.45) is 15.5. The zero-order chi connectivity index (χ0) is 14.7. The second-order valence-electron chi connectivity index (χ2n) is 6.20. The fraction of sp³-hybridized carbons (Fsp3) is 0.278. The van der Waals surface area contributed by atoms with Crippen LogP contribution in [0.25, 0.3) is 0 Å². The van der Waals surface area contributed by atoms with Gasteiger partial charge in [0.1, 0.15) is 0 Å². The van der Waals surface area contributed by atoms with Crippen LogP contribution in [0.3, 0.4) is 0 Å². The van der Waals surface area contributed by atoms with E-state index in [2.05, 4.69) is 47.6 Å². The number of fused-ring (bicyclic) bond motifs is 4. The van der Waals surface area contributed by atoms with Gasteiger partial charge in [-0.25, -0.2) is 0 Å². The van der Waals surface area contributed by atoms with Crippen LogP contribution in [0, 0.1) is 0 Å². The van der Waals surface area contributed by atoms with Gasteiger partial charge in [-0.05, 0) is 43.5 Å². The average Bonchev–Trinajstić information content (AvgIpc) is 2.86. The van der Waals surface area contributed by atoms with E-state index in [-0.39, 0.29) is 4.75 Å². The molecule has 110 valence electrons. The van der Waals surface area contributed by atoms with Gasteiger partial charge in [0.05, 0.1) is 4.75 Å². The predicted octanol–water partition coefficient (Wildman–Crippen LogP) is 4.71. The highest BCUT2D eigenvalue weighted by Crippen LogP contribution is 2.60. The molecule has 2 nitrogen and oxygen atoms in total. The van der Waals surface area contributed by atoms with Crippen LogP contribution in [0.5, 0.6) is 0 Å². The van der Waals surface area contributed by atoms with E-state index in [9.17, 15) is 0 Å². The van der Waals surface area contributed by atoms with Crippen molar-refractivity contribution in [1.29, 1.82) is 0 Å². The summed E-state index contributed by atoms with van der Waals surface area (Å²) in [5.74, 6) is 0.405. The van der Waals surface area contributed by atoms with E-state index in [0.717, 1.165) is 12.8 Å². The molecule has 3 heterocycles. The van der Waals surface area contributed by atoms with E-state index < -0.39 is 0 Å². The third kappa shape index (κ3) is 1.68. The molecule has 2 atom stereocenters. The number of aromatic nitrogens is 1. The van der Waals surface area contributed by atoms with Gasteiger partial charge in [-0.3, -0.25) is 4.98 Å². The maximum atomic E-state index is 4.34. The number of thioether (sulfide) groups is 2. The van der Waals surface area contributed by atoms with Gasteiger partial charge in [0.2, 0.25) is 0 Å². The molecule has 1 aromatic rings. The van der Waals surface area contributed by atoms with Gasteiger partial charge < -0.3 is 5.32 Å². The number of hydrogen-bond acceptors (Lipinski definition) is 4. The number of rotatable bonds is 0. The maximum absolute atomic E-state index is 4.34. The van der Waals surface area contributed by atoms with Gasteiger partial charge in [-0.1, -0.05) is 23.9 Å². The highest BCUT2D eigenvalue weighted by Gasteiger charge is 2.49. The summed E-state index contributed by atoms with van der Waals surface area (Å²) in [6.45, 7) is 2.37. The maximum Gasteiger partial charge on any atom is 0.0692 e. The van der Waals surface area contributed by atoms with Crippen LogP contribution < -0.4 is 5.32 Å². The Labute approximate surface area is 138 Å². The molecule has 4 heteroatoms. The highest BCUT2D eigenvalue weighted by molar-refractivity contribution is 8.07. The Morgan fingerprint density at radius 1 is 1.36 bits per heavy atom. The van der Waals surface area contributed by atoms with Gasteiger partial charge >= 0.3 is 0 Å². The molecule has 0 saturated heterocycles. The third-order valence-electron chi connectivity index (χ3n) is 4.86. The monoisotopic (exact) mass is 324 g/mol. The minimum Gasteiger partial charge on any atom is -0.356 e. The van der Waals surface area contributed by atoms with Crippen molar-refractivity contribution >= 4 is 23.5 Å². The lowest BCUT2D eigenvalue weighted by Crippen LogP contribution is -2.38. The van der Waals surface area contributed by atoms with Crippen molar-refractivity contribution in [3.63, 3.8) is 0 Å². The van der Waals surface area contributed by atoms with E-state index >= 15 is 0 Å². The first kappa shape index (κ1) is 13.1. The standard InChI is InChI=1S/C18H16N2S2/c1-18-12(11-10-19-9-8-14(11)22-18)6-7-16-17(18)20-13-4-2-3-5-15(13)21-16/h2,4,6-10,12,20H,3,5H2,1H3. The van der Waals surface area contributed by atoms with Gasteiger partial charge in [0.25, 0.3) is 0 Å². The molecule has 2 aliphatic heterocycles. The predicted molar refractivity (Wildman–Crippen MR) is 93.5 cm³/mol. The van der Waals surface area contributed by atoms with Crippen LogP contribution in [0.15, 0.2) is 68.9 Å². The smallest absolute Gasteiger partial charge is 0.0692 e. The fourth-order valence-electron chi connectivity index (χ4n) is 3.71. The third-order valence-corrected chi connectivity index (χ3v) is 7.56. The van der Waals surface area contributed by atoms with E-state index in [0.29, 0.717) is 5.92 Å². The average molecular weight is 324 g/mol. The molecule has 2 aliphatic carbocycles. The molecule has 0 saturated carbocycles. The zero-order valence-corrected chi connectivity index (χ0v) is 13.9. The first-order valence-corrected chi connectivity index (χ1v) is 9.29. The minimum absolute atomic E-state index is 0.0479. The lowest BCUT2D eigenvalue weighted by Gasteiger charge is -2.40. The molecular formula is C18H16N2S2. The summed E-state index contributed by atoms with van der Waals surface area (Å²) in [4.78, 5) is 8.58. The molecule has 0 amide bonds. The Morgan fingerprint density at radius 2 is 2.32 bits per heavy atom. The molecule has 5 rings (SSSR count). The molecule has 0 bridgehead atoms. The van der Waals surface area contributed by atoms with E-state index in [1.54, 1.807) is 0 Å². The number of hydrogen-bond donors (Lipinski definition) is 1. The Hall–Kier alpha value is -1.39. The minimum atomic E-state index is 0.0479. The molecule has 1 N–H and O–H groups in total. The van der Waals surface area contributed by atoms with E-state index in [1.807, 2.05) is 35.9 Å². The number of nitrogens with zero attached hydrogens (tertiary/aromatic N) is 1. The molecule has 1 aromatic heterocycles. The summed E-state index contributed by atoms with van der Waals surface area (Å²) >= 11 is 3.93. The first-order chi connectivity index (χ1) is 10.8. The Bertz CT molecular complexity index is 803. The summed E-state index contributed by atoms with van der Waals surface area (Å²) in [5.41, 5.74) is 4.04. The second kappa shape index (κ2) is 4.56. The molecule has 2 unspecified atom stereocenters. The van der Waals surface area contributed by atoms with Gasteiger partial charge in [0.15, 0.2) is 0 Å². The fourth-order valence-corrected chi connectivity index (χ4v) is 6.48. The Balaban J connectivity index is 1.60. The van der Waals surface area contributed by atoms with Gasteiger partial charge in [-0.15, -0.1) is 11.8 Å². The van der Waals surface area contributed by atoms with E-state index in [1.165, 1.54) is 31.7 Å². The van der Waals surface area contributed by atoms with Crippen molar-refractivity contribution in [3.8, 4) is 0 Å². The van der Waals surface area contributed by atoms with Crippen LogP contribution in [-0.2, 0) is 0 Å². The highest BCUT2D eigenvalue weighted by atomic mass is 32.2. The zero-order valence-electron chi connectivity index (χ0n) is 12.3. The summed E-state index contributed by atoms with van der Waals surface area (Å²) in [6, 6.07) is 2.15. The lowest BCUT2D eigenvalue weighted by atomic mass is 9.82. The van der Waals surface area contributed by atoms with Crippen molar-refractivity contribution in [1.82, 2.24) is 10.3 Å². The van der Waals surface area contributed by atoms with Crippen molar-refractivity contribution in [2.75, 3.05) is 0 Å². The van der Waals surface area contributed by atoms with Crippen molar-refractivity contribution in [3.05, 3.63) is 69.5 Å². The SMILES string of the molecule is CC12Sc3ccncc3C1C=CC1=C2NC2=C(CCC=C2)S1. The number of pyridine rings is 1. The second-order valence-corrected chi connectivity index (χ2v) is 8.83. The van der Waals surface area contributed by atoms with Crippen molar-refractivity contribution < 1.29 is 0 Å². The van der Waals surface area contributed by atoms with Crippen LogP contribution >= 0.6 is 23.5 Å². The Morgan fingerprint density at radius 3 is 3.27 bits per heavy atom. The number of allylic oxidation sites excluding steroid dienone is 5. The van der Waals surface area contributed by atoms with E-state index in [4.69, 9.17) is 0 Å². The molecule has 0 fully saturated rings. The van der Waals surface area contributed by atoms with Crippen LogP contribution in [0.2, 0.25) is 0 Å². The van der Waals surface area contributed by atoms with Crippen molar-refractivity contribution in [2.24, 2.45) is 0 Å². The van der Waals surface area contributed by atoms with Crippen LogP contribution in [-0.4, -0.2) is 9.73 Å². The quantitative estimate of drug-likeness (QED) is 0.747. The van der Waals surface area contributed by atoms with Gasteiger partial charge in [-0.2, -0.15) is 0 Å². The van der Waals surface area contributed by atoms with Crippen molar-refractivity contribution in [2.45, 2.75) is 35.3 Å². The first-order valence-electron chi connectivity index (χ1n) is 7.66. The summed E-state index contributed by atoms with van der Waals surface area (Å²) in [5, 5.41) is 3.76. The molecule has 22 heavy (non-hydrogen) atoms. The topological polar surface area (TPSA) is 24.9 Å². The number of nitrogens with one attached hydrogen (secondary N) is 1. The molecule has 0 aromatic carbocycles. The normalized spacial score (nSPS) is 31.4. The molecular weight excluding hydrogens is 308 g/mol.